The summed E-state index contributed by atoms with van der Waals surface area (Å²) in [4.78, 5) is 11.9. The van der Waals surface area contributed by atoms with E-state index in [2.05, 4.69) is 24.5 Å². The predicted octanol–water partition coefficient (Wildman–Crippen LogP) is 0.606. The maximum absolute atomic E-state index is 11.9. The van der Waals surface area contributed by atoms with Crippen LogP contribution in [0.3, 0.4) is 0 Å². The van der Waals surface area contributed by atoms with E-state index in [9.17, 15) is 9.90 Å². The lowest BCUT2D eigenvalue weighted by Gasteiger charge is -2.31. The number of hydrogen-bond acceptors (Lipinski definition) is 4. The minimum Gasteiger partial charge on any atom is -0.396 e. The molecule has 0 radical (unpaired) electrons. The highest BCUT2D eigenvalue weighted by Crippen LogP contribution is 2.24. The van der Waals surface area contributed by atoms with Gasteiger partial charge in [0.05, 0.1) is 12.6 Å². The van der Waals surface area contributed by atoms with Gasteiger partial charge in [-0.25, -0.2) is 0 Å². The van der Waals surface area contributed by atoms with Gasteiger partial charge in [-0.05, 0) is 12.8 Å². The van der Waals surface area contributed by atoms with Gasteiger partial charge in [-0.3, -0.25) is 4.79 Å². The van der Waals surface area contributed by atoms with E-state index in [4.69, 9.17) is 0 Å². The number of rotatable bonds is 6. The second kappa shape index (κ2) is 7.24. The third kappa shape index (κ3) is 4.16. The van der Waals surface area contributed by atoms with Crippen LogP contribution >= 0.6 is 11.8 Å². The molecule has 0 bridgehead atoms. The Bertz CT molecular complexity index is 230. The Morgan fingerprint density at radius 3 is 2.71 bits per heavy atom. The fraction of sp³-hybridized carbons (Fsp3) is 0.917. The van der Waals surface area contributed by atoms with Gasteiger partial charge in [0.25, 0.3) is 0 Å². The van der Waals surface area contributed by atoms with Crippen molar-refractivity contribution in [2.24, 2.45) is 5.41 Å². The molecule has 5 heteroatoms. The minimum absolute atomic E-state index is 0.0666. The third-order valence-corrected chi connectivity index (χ3v) is 4.77. The molecule has 17 heavy (non-hydrogen) atoms. The van der Waals surface area contributed by atoms with Crippen molar-refractivity contribution in [3.05, 3.63) is 0 Å². The molecule has 1 amide bonds. The lowest BCUT2D eigenvalue weighted by Crippen LogP contribution is -2.51. The zero-order chi connectivity index (χ0) is 12.7. The summed E-state index contributed by atoms with van der Waals surface area (Å²) in [5, 5.41) is 15.6. The maximum atomic E-state index is 11.9. The van der Waals surface area contributed by atoms with Crippen molar-refractivity contribution in [3.8, 4) is 0 Å². The van der Waals surface area contributed by atoms with Crippen LogP contribution in [0.1, 0.15) is 26.7 Å². The Hall–Kier alpha value is -0.260. The summed E-state index contributed by atoms with van der Waals surface area (Å²) in [7, 11) is 0. The van der Waals surface area contributed by atoms with Gasteiger partial charge < -0.3 is 15.7 Å². The Kier molecular flexibility index (Phi) is 6.30. The van der Waals surface area contributed by atoms with Crippen LogP contribution in [0.2, 0.25) is 0 Å². The van der Waals surface area contributed by atoms with Crippen LogP contribution in [0, 0.1) is 5.41 Å². The molecule has 0 aromatic heterocycles. The fourth-order valence-electron chi connectivity index (χ4n) is 1.91. The van der Waals surface area contributed by atoms with Gasteiger partial charge in [0.1, 0.15) is 0 Å². The summed E-state index contributed by atoms with van der Waals surface area (Å²) in [6.07, 6.45) is 1.76. The first-order chi connectivity index (χ1) is 8.17. The van der Waals surface area contributed by atoms with E-state index in [1.54, 1.807) is 0 Å². The molecular weight excluding hydrogens is 236 g/mol. The highest BCUT2D eigenvalue weighted by Gasteiger charge is 2.28. The Balaban J connectivity index is 2.40. The highest BCUT2D eigenvalue weighted by atomic mass is 32.2. The lowest BCUT2D eigenvalue weighted by molar-refractivity contribution is -0.123. The molecule has 1 saturated heterocycles. The molecule has 0 aromatic rings. The van der Waals surface area contributed by atoms with Gasteiger partial charge in [-0.15, -0.1) is 0 Å². The van der Waals surface area contributed by atoms with Crippen LogP contribution in [-0.4, -0.2) is 48.3 Å². The Labute approximate surface area is 108 Å². The lowest BCUT2D eigenvalue weighted by atomic mass is 9.83. The van der Waals surface area contributed by atoms with Crippen molar-refractivity contribution >= 4 is 17.7 Å². The minimum atomic E-state index is -0.155. The Morgan fingerprint density at radius 1 is 1.53 bits per heavy atom. The molecule has 0 aromatic carbocycles. The normalized spacial score (nSPS) is 21.2. The maximum Gasteiger partial charge on any atom is 0.238 e. The quantitative estimate of drug-likeness (QED) is 0.655. The molecule has 1 fully saturated rings. The zero-order valence-corrected chi connectivity index (χ0v) is 11.6. The number of nitrogens with one attached hydrogen (secondary N) is 2. The smallest absolute Gasteiger partial charge is 0.238 e. The van der Waals surface area contributed by atoms with Crippen molar-refractivity contribution < 1.29 is 9.90 Å². The zero-order valence-electron chi connectivity index (χ0n) is 10.8. The standard InChI is InChI=1S/C12H24N2O2S/c1-3-12(4-2,9-15)8-14-11(16)10-7-17-6-5-13-10/h10,13,15H,3-9H2,1-2H3,(H,14,16). The molecule has 0 aliphatic carbocycles. The molecule has 1 aliphatic rings. The third-order valence-electron chi connectivity index (χ3n) is 3.71. The van der Waals surface area contributed by atoms with Crippen LogP contribution in [0.25, 0.3) is 0 Å². The van der Waals surface area contributed by atoms with Gasteiger partial charge in [0.15, 0.2) is 0 Å². The molecule has 1 atom stereocenters. The molecule has 0 spiro atoms. The number of hydrogen-bond donors (Lipinski definition) is 3. The number of thioether (sulfide) groups is 1. The average molecular weight is 260 g/mol. The predicted molar refractivity (Wildman–Crippen MR) is 72.2 cm³/mol. The van der Waals surface area contributed by atoms with E-state index in [0.29, 0.717) is 6.54 Å². The van der Waals surface area contributed by atoms with Gasteiger partial charge in [-0.1, -0.05) is 13.8 Å². The number of amides is 1. The fourth-order valence-corrected chi connectivity index (χ4v) is 2.84. The Morgan fingerprint density at radius 2 is 2.24 bits per heavy atom. The van der Waals surface area contributed by atoms with E-state index in [0.717, 1.165) is 30.9 Å². The summed E-state index contributed by atoms with van der Waals surface area (Å²) in [6.45, 7) is 5.71. The second-order valence-corrected chi connectivity index (χ2v) is 5.81. The largest absolute Gasteiger partial charge is 0.396 e. The van der Waals surface area contributed by atoms with Crippen LogP contribution < -0.4 is 10.6 Å². The van der Waals surface area contributed by atoms with Gasteiger partial charge in [0.2, 0.25) is 5.91 Å². The summed E-state index contributed by atoms with van der Waals surface area (Å²) >= 11 is 1.81. The molecule has 100 valence electrons. The number of aliphatic hydroxyl groups is 1. The first kappa shape index (κ1) is 14.8. The molecule has 1 unspecified atom stereocenters. The summed E-state index contributed by atoms with van der Waals surface area (Å²) in [6, 6.07) is -0.0705. The molecule has 0 saturated carbocycles. The van der Waals surface area contributed by atoms with E-state index in [-0.39, 0.29) is 24.0 Å². The second-order valence-electron chi connectivity index (χ2n) is 4.66. The summed E-state index contributed by atoms with van der Waals surface area (Å²) < 4.78 is 0. The van der Waals surface area contributed by atoms with Crippen molar-refractivity contribution in [3.63, 3.8) is 0 Å². The van der Waals surface area contributed by atoms with Crippen LogP contribution in [-0.2, 0) is 4.79 Å². The molecular formula is C12H24N2O2S. The van der Waals surface area contributed by atoms with Gasteiger partial charge in [-0.2, -0.15) is 11.8 Å². The van der Waals surface area contributed by atoms with Crippen LogP contribution in [0.5, 0.6) is 0 Å². The summed E-state index contributed by atoms with van der Waals surface area (Å²) in [5.74, 6) is 1.99. The molecule has 1 aliphatic heterocycles. The number of carbonyl (C=O) groups is 1. The number of carbonyl (C=O) groups excluding carboxylic acids is 1. The van der Waals surface area contributed by atoms with Crippen molar-refractivity contribution in [1.82, 2.24) is 10.6 Å². The highest BCUT2D eigenvalue weighted by molar-refractivity contribution is 7.99. The SMILES string of the molecule is CCC(CC)(CO)CNC(=O)C1CSCCN1. The molecule has 3 N–H and O–H groups in total. The molecule has 4 nitrogen and oxygen atoms in total. The van der Waals surface area contributed by atoms with Crippen LogP contribution in [0.15, 0.2) is 0 Å². The number of aliphatic hydroxyl groups excluding tert-OH is 1. The van der Waals surface area contributed by atoms with E-state index < -0.39 is 0 Å². The van der Waals surface area contributed by atoms with Crippen LogP contribution in [0.4, 0.5) is 0 Å². The van der Waals surface area contributed by atoms with Gasteiger partial charge >= 0.3 is 0 Å². The topological polar surface area (TPSA) is 61.4 Å². The van der Waals surface area contributed by atoms with Crippen molar-refractivity contribution in [2.45, 2.75) is 32.7 Å². The first-order valence-electron chi connectivity index (χ1n) is 6.37. The molecule has 1 heterocycles. The van der Waals surface area contributed by atoms with E-state index in [1.807, 2.05) is 11.8 Å². The van der Waals surface area contributed by atoms with Gasteiger partial charge in [0, 0.05) is 30.0 Å². The molecule has 1 rings (SSSR count). The van der Waals surface area contributed by atoms with E-state index >= 15 is 0 Å². The van der Waals surface area contributed by atoms with Crippen molar-refractivity contribution in [1.29, 1.82) is 0 Å². The van der Waals surface area contributed by atoms with Crippen molar-refractivity contribution in [2.75, 3.05) is 31.2 Å². The van der Waals surface area contributed by atoms with E-state index in [1.165, 1.54) is 0 Å². The first-order valence-corrected chi connectivity index (χ1v) is 7.52. The summed E-state index contributed by atoms with van der Waals surface area (Å²) in [5.41, 5.74) is -0.155. The monoisotopic (exact) mass is 260 g/mol. The average Bonchev–Trinajstić information content (AvgIpc) is 2.41.